The Morgan fingerprint density at radius 3 is 2.52 bits per heavy atom. The number of hydrogen-bond donors (Lipinski definition) is 1. The first-order chi connectivity index (χ1) is 13.3. The van der Waals surface area contributed by atoms with Crippen LogP contribution in [0.5, 0.6) is 0 Å². The molecule has 1 saturated heterocycles. The topological polar surface area (TPSA) is 61.1 Å². The van der Waals surface area contributed by atoms with Crippen molar-refractivity contribution in [1.29, 1.82) is 0 Å². The molecule has 2 atom stereocenters. The van der Waals surface area contributed by atoms with Crippen LogP contribution in [0.25, 0.3) is 0 Å². The molecule has 6 heteroatoms. The van der Waals surface area contributed by atoms with Crippen molar-refractivity contribution in [1.82, 2.24) is 15.1 Å². The van der Waals surface area contributed by atoms with Crippen LogP contribution in [0.1, 0.15) is 35.4 Å². The summed E-state index contributed by atoms with van der Waals surface area (Å²) in [5.41, 5.74) is 1.39. The molecule has 6 nitrogen and oxygen atoms in total. The van der Waals surface area contributed by atoms with Gasteiger partial charge < -0.3 is 19.5 Å². The Morgan fingerprint density at radius 2 is 1.85 bits per heavy atom. The number of nitrogens with zero attached hydrogens (tertiary/aromatic N) is 3. The number of aliphatic imine (C=N–C) groups is 1. The van der Waals surface area contributed by atoms with E-state index in [0.717, 1.165) is 32.0 Å². The van der Waals surface area contributed by atoms with Gasteiger partial charge in [0.25, 0.3) is 5.91 Å². The van der Waals surface area contributed by atoms with E-state index in [1.807, 2.05) is 4.90 Å². The molecule has 1 aliphatic heterocycles. The maximum Gasteiger partial charge on any atom is 0.289 e. The Balaban J connectivity index is 1.33. The quantitative estimate of drug-likeness (QED) is 0.667. The Kier molecular flexibility index (Phi) is 5.14. The minimum atomic E-state index is -0.0343. The summed E-state index contributed by atoms with van der Waals surface area (Å²) in [5.74, 6) is 1.90. The first-order valence-corrected chi connectivity index (χ1v) is 9.70. The Bertz CT molecular complexity index is 780. The molecule has 1 aromatic heterocycles. The summed E-state index contributed by atoms with van der Waals surface area (Å²) in [6, 6.07) is 14.6. The lowest BCUT2D eigenvalue weighted by Crippen LogP contribution is -2.54. The molecule has 4 rings (SSSR count). The van der Waals surface area contributed by atoms with Crippen molar-refractivity contribution >= 4 is 11.9 Å². The number of benzene rings is 1. The normalized spacial score (nSPS) is 22.6. The molecule has 0 radical (unpaired) electrons. The Morgan fingerprint density at radius 1 is 1.11 bits per heavy atom. The van der Waals surface area contributed by atoms with Crippen molar-refractivity contribution in [3.63, 3.8) is 0 Å². The Labute approximate surface area is 159 Å². The van der Waals surface area contributed by atoms with E-state index in [1.165, 1.54) is 11.8 Å². The predicted octanol–water partition coefficient (Wildman–Crippen LogP) is 2.56. The maximum atomic E-state index is 12.4. The monoisotopic (exact) mass is 366 g/mol. The fourth-order valence-electron chi connectivity index (χ4n) is 3.65. The molecule has 1 aromatic carbocycles. The summed E-state index contributed by atoms with van der Waals surface area (Å²) < 4.78 is 5.24. The van der Waals surface area contributed by atoms with Gasteiger partial charge in [0, 0.05) is 44.7 Å². The molecule has 1 saturated carbocycles. The lowest BCUT2D eigenvalue weighted by atomic mass is 10.1. The SMILES string of the molecule is CCN=C(NC1CC1c1ccccc1)N1CCN(C(=O)c2ccco2)CC1. The second kappa shape index (κ2) is 7.86. The van der Waals surface area contributed by atoms with Gasteiger partial charge in [0.2, 0.25) is 0 Å². The number of piperazine rings is 1. The summed E-state index contributed by atoms with van der Waals surface area (Å²) in [4.78, 5) is 21.2. The van der Waals surface area contributed by atoms with Crippen molar-refractivity contribution in [2.45, 2.75) is 25.3 Å². The number of rotatable bonds is 4. The van der Waals surface area contributed by atoms with Crippen molar-refractivity contribution < 1.29 is 9.21 Å². The smallest absolute Gasteiger partial charge is 0.289 e. The summed E-state index contributed by atoms with van der Waals surface area (Å²) in [5, 5.41) is 3.64. The van der Waals surface area contributed by atoms with E-state index in [9.17, 15) is 4.79 Å². The van der Waals surface area contributed by atoms with E-state index in [2.05, 4.69) is 52.5 Å². The van der Waals surface area contributed by atoms with E-state index in [0.29, 0.717) is 30.8 Å². The van der Waals surface area contributed by atoms with Crippen molar-refractivity contribution in [3.8, 4) is 0 Å². The summed E-state index contributed by atoms with van der Waals surface area (Å²) >= 11 is 0. The van der Waals surface area contributed by atoms with Gasteiger partial charge in [-0.3, -0.25) is 9.79 Å². The molecule has 2 aliphatic rings. The van der Waals surface area contributed by atoms with Crippen molar-refractivity contribution in [3.05, 3.63) is 60.1 Å². The van der Waals surface area contributed by atoms with Crippen LogP contribution in [0.2, 0.25) is 0 Å². The standard InChI is InChI=1S/C21H26N4O2/c1-2-22-21(23-18-15-17(18)16-7-4-3-5-8-16)25-12-10-24(11-13-25)20(26)19-9-6-14-27-19/h3-9,14,17-18H,2,10-13,15H2,1H3,(H,22,23). The van der Waals surface area contributed by atoms with E-state index >= 15 is 0 Å². The van der Waals surface area contributed by atoms with Crippen LogP contribution >= 0.6 is 0 Å². The highest BCUT2D eigenvalue weighted by Gasteiger charge is 2.39. The summed E-state index contributed by atoms with van der Waals surface area (Å²) in [6.07, 6.45) is 2.68. The van der Waals surface area contributed by atoms with Gasteiger partial charge in [-0.15, -0.1) is 0 Å². The number of nitrogens with one attached hydrogen (secondary N) is 1. The fourth-order valence-corrected chi connectivity index (χ4v) is 3.65. The van der Waals surface area contributed by atoms with Crippen LogP contribution in [0.3, 0.4) is 0 Å². The average molecular weight is 366 g/mol. The van der Waals surface area contributed by atoms with Crippen molar-refractivity contribution in [2.24, 2.45) is 4.99 Å². The number of carbonyl (C=O) groups is 1. The highest BCUT2D eigenvalue weighted by Crippen LogP contribution is 2.40. The third-order valence-corrected chi connectivity index (χ3v) is 5.24. The molecule has 142 valence electrons. The molecular weight excluding hydrogens is 340 g/mol. The average Bonchev–Trinajstić information content (AvgIpc) is 3.26. The number of carbonyl (C=O) groups excluding carboxylic acids is 1. The second-order valence-electron chi connectivity index (χ2n) is 7.06. The molecule has 2 heterocycles. The fraction of sp³-hybridized carbons (Fsp3) is 0.429. The molecule has 0 bridgehead atoms. The van der Waals surface area contributed by atoms with Gasteiger partial charge in [-0.25, -0.2) is 0 Å². The molecule has 2 aromatic rings. The summed E-state index contributed by atoms with van der Waals surface area (Å²) in [6.45, 7) is 5.71. The minimum absolute atomic E-state index is 0.0343. The molecule has 2 fully saturated rings. The number of amides is 1. The van der Waals surface area contributed by atoms with Crippen LogP contribution in [-0.4, -0.2) is 60.4 Å². The van der Waals surface area contributed by atoms with E-state index in [1.54, 1.807) is 12.1 Å². The highest BCUT2D eigenvalue weighted by molar-refractivity contribution is 5.91. The van der Waals surface area contributed by atoms with Gasteiger partial charge >= 0.3 is 0 Å². The lowest BCUT2D eigenvalue weighted by Gasteiger charge is -2.36. The van der Waals surface area contributed by atoms with Crippen molar-refractivity contribution in [2.75, 3.05) is 32.7 Å². The van der Waals surface area contributed by atoms with Gasteiger partial charge in [-0.05, 0) is 31.0 Å². The van der Waals surface area contributed by atoms with Crippen LogP contribution < -0.4 is 5.32 Å². The van der Waals surface area contributed by atoms with Crippen LogP contribution in [0, 0.1) is 0 Å². The lowest BCUT2D eigenvalue weighted by molar-refractivity contribution is 0.0657. The molecule has 1 amide bonds. The summed E-state index contributed by atoms with van der Waals surface area (Å²) in [7, 11) is 0. The van der Waals surface area contributed by atoms with Gasteiger partial charge in [-0.1, -0.05) is 30.3 Å². The number of guanidine groups is 1. The van der Waals surface area contributed by atoms with Gasteiger partial charge in [0.05, 0.1) is 6.26 Å². The largest absolute Gasteiger partial charge is 0.459 e. The maximum absolute atomic E-state index is 12.4. The highest BCUT2D eigenvalue weighted by atomic mass is 16.3. The number of hydrogen-bond acceptors (Lipinski definition) is 3. The second-order valence-corrected chi connectivity index (χ2v) is 7.06. The predicted molar refractivity (Wildman–Crippen MR) is 105 cm³/mol. The zero-order valence-corrected chi connectivity index (χ0v) is 15.7. The third-order valence-electron chi connectivity index (χ3n) is 5.24. The molecule has 1 N–H and O–H groups in total. The molecule has 27 heavy (non-hydrogen) atoms. The van der Waals surface area contributed by atoms with Gasteiger partial charge in [0.1, 0.15) is 0 Å². The van der Waals surface area contributed by atoms with Crippen LogP contribution in [-0.2, 0) is 0 Å². The van der Waals surface area contributed by atoms with Crippen LogP contribution in [0.4, 0.5) is 0 Å². The molecular formula is C21H26N4O2. The van der Waals surface area contributed by atoms with Crippen LogP contribution in [0.15, 0.2) is 58.1 Å². The first kappa shape index (κ1) is 17.6. The third kappa shape index (κ3) is 3.99. The van der Waals surface area contributed by atoms with Gasteiger partial charge in [0.15, 0.2) is 11.7 Å². The molecule has 2 unspecified atom stereocenters. The zero-order chi connectivity index (χ0) is 18.6. The minimum Gasteiger partial charge on any atom is -0.459 e. The Hall–Kier alpha value is -2.76. The first-order valence-electron chi connectivity index (χ1n) is 9.70. The van der Waals surface area contributed by atoms with E-state index < -0.39 is 0 Å². The van der Waals surface area contributed by atoms with E-state index in [4.69, 9.17) is 4.42 Å². The number of furan rings is 1. The molecule has 0 spiro atoms. The molecule has 1 aliphatic carbocycles. The van der Waals surface area contributed by atoms with Gasteiger partial charge in [-0.2, -0.15) is 0 Å². The van der Waals surface area contributed by atoms with E-state index in [-0.39, 0.29) is 5.91 Å². The zero-order valence-electron chi connectivity index (χ0n) is 15.7.